The number of hydrogen-bond acceptors (Lipinski definition) is 3. The van der Waals surface area contributed by atoms with E-state index in [0.29, 0.717) is 24.9 Å². The number of nitrogens with two attached hydrogens (primary N) is 1. The van der Waals surface area contributed by atoms with Crippen LogP contribution in [0.4, 0.5) is 16.2 Å². The molecule has 0 spiro atoms. The van der Waals surface area contributed by atoms with Crippen LogP contribution in [0.3, 0.4) is 0 Å². The molecule has 3 amide bonds. The van der Waals surface area contributed by atoms with Crippen LogP contribution in [-0.2, 0) is 4.79 Å². The van der Waals surface area contributed by atoms with Crippen LogP contribution in [0.2, 0.25) is 0 Å². The number of hydrogen-bond donors (Lipinski definition) is 3. The molecule has 134 valence electrons. The van der Waals surface area contributed by atoms with Crippen LogP contribution in [0, 0.1) is 17.8 Å². The Morgan fingerprint density at radius 1 is 1.16 bits per heavy atom. The first-order valence-electron chi connectivity index (χ1n) is 9.33. The van der Waals surface area contributed by atoms with Crippen LogP contribution in [0.15, 0.2) is 24.3 Å². The Labute approximate surface area is 148 Å². The fourth-order valence-electron chi connectivity index (χ4n) is 4.69. The number of carbonyl (C=O) groups is 2. The Morgan fingerprint density at radius 3 is 2.44 bits per heavy atom. The number of rotatable bonds is 3. The van der Waals surface area contributed by atoms with Gasteiger partial charge < -0.3 is 16.4 Å². The Kier molecular flexibility index (Phi) is 4.37. The molecule has 2 saturated carbocycles. The van der Waals surface area contributed by atoms with Crippen molar-refractivity contribution in [3.8, 4) is 0 Å². The third-order valence-electron chi connectivity index (χ3n) is 6.09. The van der Waals surface area contributed by atoms with Crippen molar-refractivity contribution < 1.29 is 9.59 Å². The van der Waals surface area contributed by atoms with Crippen molar-refractivity contribution in [1.82, 2.24) is 5.32 Å². The van der Waals surface area contributed by atoms with E-state index in [1.807, 2.05) is 24.3 Å². The zero-order chi connectivity index (χ0) is 17.4. The molecule has 2 atom stereocenters. The molecule has 25 heavy (non-hydrogen) atoms. The standard InChI is InChI=1S/C19H26N4O2/c20-17-12-2-1-3-13(17)11-14(10-12)18(24)22-15-4-6-16(7-5-15)23-9-8-21-19(23)25/h4-7,12-14,17H,1-3,8-11,20H2,(H,21,25)(H,22,24). The molecule has 0 aromatic heterocycles. The smallest absolute Gasteiger partial charge is 0.321 e. The van der Waals surface area contributed by atoms with Crippen LogP contribution >= 0.6 is 0 Å². The summed E-state index contributed by atoms with van der Waals surface area (Å²) in [5, 5.41) is 5.83. The van der Waals surface area contributed by atoms with Gasteiger partial charge in [-0.15, -0.1) is 0 Å². The molecule has 1 aromatic carbocycles. The first-order valence-corrected chi connectivity index (χ1v) is 9.33. The third kappa shape index (κ3) is 3.23. The highest BCUT2D eigenvalue weighted by atomic mass is 16.2. The predicted molar refractivity (Wildman–Crippen MR) is 97.3 cm³/mol. The quantitative estimate of drug-likeness (QED) is 0.788. The molecule has 4 N–H and O–H groups in total. The third-order valence-corrected chi connectivity index (χ3v) is 6.09. The first kappa shape index (κ1) is 16.4. The number of amides is 3. The molecule has 6 heteroatoms. The lowest BCUT2D eigenvalue weighted by atomic mass is 9.65. The fourth-order valence-corrected chi connectivity index (χ4v) is 4.69. The summed E-state index contributed by atoms with van der Waals surface area (Å²) < 4.78 is 0. The van der Waals surface area contributed by atoms with E-state index in [1.165, 1.54) is 6.42 Å². The van der Waals surface area contributed by atoms with Crippen LogP contribution < -0.4 is 21.3 Å². The van der Waals surface area contributed by atoms with E-state index in [2.05, 4.69) is 10.6 Å². The van der Waals surface area contributed by atoms with E-state index in [4.69, 9.17) is 5.73 Å². The molecule has 3 fully saturated rings. The van der Waals surface area contributed by atoms with Gasteiger partial charge in [0.2, 0.25) is 5.91 Å². The lowest BCUT2D eigenvalue weighted by Crippen LogP contribution is -2.48. The highest BCUT2D eigenvalue weighted by molar-refractivity contribution is 5.95. The monoisotopic (exact) mass is 342 g/mol. The molecule has 6 nitrogen and oxygen atoms in total. The largest absolute Gasteiger partial charge is 0.336 e. The van der Waals surface area contributed by atoms with Crippen molar-refractivity contribution in [3.63, 3.8) is 0 Å². The van der Waals surface area contributed by atoms with Crippen molar-refractivity contribution in [2.45, 2.75) is 38.1 Å². The number of fused-ring (bicyclic) bond motifs is 2. The molecule has 1 heterocycles. The first-order chi connectivity index (χ1) is 12.1. The summed E-state index contributed by atoms with van der Waals surface area (Å²) >= 11 is 0. The average molecular weight is 342 g/mol. The molecule has 3 aliphatic rings. The summed E-state index contributed by atoms with van der Waals surface area (Å²) in [7, 11) is 0. The van der Waals surface area contributed by atoms with E-state index >= 15 is 0 Å². The lowest BCUT2D eigenvalue weighted by Gasteiger charge is -2.43. The fraction of sp³-hybridized carbons (Fsp3) is 0.579. The summed E-state index contributed by atoms with van der Waals surface area (Å²) in [5.74, 6) is 1.17. The SMILES string of the molecule is NC1C2CCCC1CC(C(=O)Nc1ccc(N3CCNC3=O)cc1)C2. The zero-order valence-corrected chi connectivity index (χ0v) is 14.4. The summed E-state index contributed by atoms with van der Waals surface area (Å²) in [6.07, 6.45) is 5.40. The lowest BCUT2D eigenvalue weighted by molar-refractivity contribution is -0.122. The number of anilines is 2. The normalized spacial score (nSPS) is 31.6. The molecule has 1 aromatic rings. The van der Waals surface area contributed by atoms with Gasteiger partial charge in [-0.05, 0) is 61.8 Å². The number of carbonyl (C=O) groups excluding carboxylic acids is 2. The summed E-state index contributed by atoms with van der Waals surface area (Å²) in [5.41, 5.74) is 7.96. The molecular formula is C19H26N4O2. The van der Waals surface area contributed by atoms with Gasteiger partial charge in [0.25, 0.3) is 0 Å². The van der Waals surface area contributed by atoms with Gasteiger partial charge in [0.1, 0.15) is 0 Å². The summed E-state index contributed by atoms with van der Waals surface area (Å²) in [4.78, 5) is 26.1. The summed E-state index contributed by atoms with van der Waals surface area (Å²) in [6, 6.07) is 7.71. The average Bonchev–Trinajstić information content (AvgIpc) is 3.01. The molecule has 4 rings (SSSR count). The van der Waals surface area contributed by atoms with Crippen LogP contribution in [0.25, 0.3) is 0 Å². The molecule has 2 unspecified atom stereocenters. The Bertz CT molecular complexity index is 646. The van der Waals surface area contributed by atoms with Crippen molar-refractivity contribution in [2.24, 2.45) is 23.5 Å². The van der Waals surface area contributed by atoms with Gasteiger partial charge in [-0.3, -0.25) is 9.69 Å². The van der Waals surface area contributed by atoms with Gasteiger partial charge in [0.15, 0.2) is 0 Å². The van der Waals surface area contributed by atoms with Crippen molar-refractivity contribution in [3.05, 3.63) is 24.3 Å². The second kappa shape index (κ2) is 6.67. The van der Waals surface area contributed by atoms with Crippen molar-refractivity contribution in [2.75, 3.05) is 23.3 Å². The summed E-state index contributed by atoms with van der Waals surface area (Å²) in [6.45, 7) is 1.35. The molecule has 2 bridgehead atoms. The van der Waals surface area contributed by atoms with E-state index in [1.54, 1.807) is 4.90 Å². The van der Waals surface area contributed by atoms with E-state index in [-0.39, 0.29) is 23.9 Å². The van der Waals surface area contributed by atoms with Gasteiger partial charge in [0.05, 0.1) is 0 Å². The van der Waals surface area contributed by atoms with Crippen molar-refractivity contribution in [1.29, 1.82) is 0 Å². The van der Waals surface area contributed by atoms with Gasteiger partial charge >= 0.3 is 6.03 Å². The van der Waals surface area contributed by atoms with Crippen molar-refractivity contribution >= 4 is 23.3 Å². The van der Waals surface area contributed by atoms with Gasteiger partial charge in [-0.25, -0.2) is 4.79 Å². The second-order valence-corrected chi connectivity index (χ2v) is 7.62. The minimum absolute atomic E-state index is 0.0677. The van der Waals surface area contributed by atoms with E-state index in [9.17, 15) is 9.59 Å². The van der Waals surface area contributed by atoms with Crippen LogP contribution in [-0.4, -0.2) is 31.1 Å². The number of nitrogens with one attached hydrogen (secondary N) is 2. The Balaban J connectivity index is 1.38. The molecule has 2 aliphatic carbocycles. The number of urea groups is 1. The Hall–Kier alpha value is -2.08. The molecular weight excluding hydrogens is 316 g/mol. The maximum Gasteiger partial charge on any atom is 0.321 e. The van der Waals surface area contributed by atoms with Gasteiger partial charge in [-0.1, -0.05) is 6.42 Å². The highest BCUT2D eigenvalue weighted by Crippen LogP contribution is 2.42. The second-order valence-electron chi connectivity index (χ2n) is 7.62. The number of nitrogens with zero attached hydrogens (tertiary/aromatic N) is 1. The Morgan fingerprint density at radius 2 is 1.84 bits per heavy atom. The topological polar surface area (TPSA) is 87.5 Å². The number of benzene rings is 1. The minimum atomic E-state index is -0.0677. The van der Waals surface area contributed by atoms with Gasteiger partial charge in [-0.2, -0.15) is 0 Å². The van der Waals surface area contributed by atoms with E-state index in [0.717, 1.165) is 37.1 Å². The van der Waals surface area contributed by atoms with Crippen LogP contribution in [0.5, 0.6) is 0 Å². The maximum atomic E-state index is 12.7. The molecule has 1 aliphatic heterocycles. The molecule has 0 radical (unpaired) electrons. The minimum Gasteiger partial charge on any atom is -0.336 e. The van der Waals surface area contributed by atoms with Crippen LogP contribution in [0.1, 0.15) is 32.1 Å². The zero-order valence-electron chi connectivity index (χ0n) is 14.4. The highest BCUT2D eigenvalue weighted by Gasteiger charge is 2.40. The van der Waals surface area contributed by atoms with E-state index < -0.39 is 0 Å². The van der Waals surface area contributed by atoms with Gasteiger partial charge in [0, 0.05) is 36.4 Å². The predicted octanol–water partition coefficient (Wildman–Crippen LogP) is 2.31. The molecule has 1 saturated heterocycles. The maximum absolute atomic E-state index is 12.7.